The minimum absolute atomic E-state index is 0.0802. The Morgan fingerprint density at radius 2 is 1.94 bits per heavy atom. The maximum absolute atomic E-state index is 13.9. The Bertz CT molecular complexity index is 1020. The molecule has 1 fully saturated rings. The number of benzene rings is 2. The molecule has 9 heteroatoms. The molecule has 2 aromatic carbocycles. The summed E-state index contributed by atoms with van der Waals surface area (Å²) in [7, 11) is 0. The third-order valence-corrected chi connectivity index (χ3v) is 7.51. The van der Waals surface area contributed by atoms with Crippen molar-refractivity contribution in [2.45, 2.75) is 11.3 Å². The van der Waals surface area contributed by atoms with Crippen LogP contribution in [0.3, 0.4) is 0 Å². The molecule has 164 valence electrons. The van der Waals surface area contributed by atoms with E-state index in [1.165, 1.54) is 17.4 Å². The molecule has 4 rings (SSSR count). The van der Waals surface area contributed by atoms with Gasteiger partial charge < -0.3 is 10.2 Å². The summed E-state index contributed by atoms with van der Waals surface area (Å²) in [5, 5.41) is 4.61. The van der Waals surface area contributed by atoms with E-state index in [4.69, 9.17) is 11.6 Å². The van der Waals surface area contributed by atoms with Crippen LogP contribution in [-0.4, -0.2) is 60.8 Å². The molecule has 5 nitrogen and oxygen atoms in total. The first kappa shape index (κ1) is 22.3. The van der Waals surface area contributed by atoms with Gasteiger partial charge >= 0.3 is 0 Å². The van der Waals surface area contributed by atoms with Crippen molar-refractivity contribution >= 4 is 56.0 Å². The highest BCUT2D eigenvalue weighted by Crippen LogP contribution is 2.30. The van der Waals surface area contributed by atoms with E-state index in [0.717, 1.165) is 58.2 Å². The lowest BCUT2D eigenvalue weighted by Gasteiger charge is -2.34. The van der Waals surface area contributed by atoms with Crippen LogP contribution in [0.25, 0.3) is 10.2 Å². The number of halogens is 2. The summed E-state index contributed by atoms with van der Waals surface area (Å²) in [4.78, 5) is 22.2. The zero-order valence-electron chi connectivity index (χ0n) is 17.0. The Kier molecular flexibility index (Phi) is 7.66. The minimum atomic E-state index is -0.263. The van der Waals surface area contributed by atoms with Crippen LogP contribution < -0.4 is 10.2 Å². The van der Waals surface area contributed by atoms with Crippen LogP contribution in [0.15, 0.2) is 47.4 Å². The number of anilines is 1. The summed E-state index contributed by atoms with van der Waals surface area (Å²) < 4.78 is 14.8. The molecule has 3 aromatic rings. The monoisotopic (exact) mass is 478 g/mol. The number of aromatic nitrogens is 1. The van der Waals surface area contributed by atoms with Gasteiger partial charge in [-0.1, -0.05) is 29.0 Å². The molecule has 0 radical (unpaired) electrons. The first-order chi connectivity index (χ1) is 15.1. The van der Waals surface area contributed by atoms with Crippen molar-refractivity contribution in [3.05, 3.63) is 53.3 Å². The predicted molar refractivity (Wildman–Crippen MR) is 128 cm³/mol. The molecule has 1 amide bonds. The van der Waals surface area contributed by atoms with Gasteiger partial charge in [0.1, 0.15) is 11.3 Å². The number of fused-ring (bicyclic) bond motifs is 1. The van der Waals surface area contributed by atoms with Gasteiger partial charge in [0.15, 0.2) is 5.13 Å². The fourth-order valence-corrected chi connectivity index (χ4v) is 5.44. The Hall–Kier alpha value is -1.87. The summed E-state index contributed by atoms with van der Waals surface area (Å²) in [6, 6.07) is 12.7. The van der Waals surface area contributed by atoms with Crippen molar-refractivity contribution in [1.29, 1.82) is 0 Å². The van der Waals surface area contributed by atoms with Crippen molar-refractivity contribution < 1.29 is 9.18 Å². The number of nitrogens with one attached hydrogen (secondary N) is 1. The second kappa shape index (κ2) is 10.6. The van der Waals surface area contributed by atoms with E-state index < -0.39 is 0 Å². The average molecular weight is 479 g/mol. The zero-order chi connectivity index (χ0) is 21.6. The molecule has 0 spiro atoms. The van der Waals surface area contributed by atoms with E-state index in [9.17, 15) is 9.18 Å². The van der Waals surface area contributed by atoms with Gasteiger partial charge in [-0.3, -0.25) is 9.69 Å². The number of rotatable bonds is 8. The molecule has 1 aliphatic heterocycles. The molecule has 0 saturated carbocycles. The van der Waals surface area contributed by atoms with Gasteiger partial charge in [0.25, 0.3) is 0 Å². The van der Waals surface area contributed by atoms with Crippen LogP contribution in [0.1, 0.15) is 6.42 Å². The molecule has 0 unspecified atom stereocenters. The number of piperazine rings is 1. The summed E-state index contributed by atoms with van der Waals surface area (Å²) in [5.74, 6) is 0.562. The summed E-state index contributed by atoms with van der Waals surface area (Å²) in [5.41, 5.74) is 0.460. The molecule has 1 aromatic heterocycles. The second-order valence-corrected chi connectivity index (χ2v) is 9.93. The summed E-state index contributed by atoms with van der Waals surface area (Å²) in [6.45, 7) is 5.00. The van der Waals surface area contributed by atoms with Crippen LogP contribution in [0.5, 0.6) is 0 Å². The highest BCUT2D eigenvalue weighted by Gasteiger charge is 2.20. The smallest absolute Gasteiger partial charge is 0.220 e. The highest BCUT2D eigenvalue weighted by atomic mass is 35.5. The van der Waals surface area contributed by atoms with E-state index in [1.54, 1.807) is 17.8 Å². The Morgan fingerprint density at radius 3 is 2.68 bits per heavy atom. The van der Waals surface area contributed by atoms with E-state index >= 15 is 0 Å². The molecule has 1 saturated heterocycles. The third-order valence-electron chi connectivity index (χ3n) is 5.16. The number of carbonyl (C=O) groups is 1. The fourth-order valence-electron chi connectivity index (χ4n) is 3.44. The number of para-hydroxylation sites is 1. The van der Waals surface area contributed by atoms with Gasteiger partial charge in [-0.05, 0) is 36.4 Å². The SMILES string of the molecule is O=C(CCSc1ccc(Cl)cc1)NCCN1CCN(c2nc3c(F)cccc3s2)CC1. The zero-order valence-corrected chi connectivity index (χ0v) is 19.4. The Labute approximate surface area is 194 Å². The Morgan fingerprint density at radius 1 is 1.16 bits per heavy atom. The van der Waals surface area contributed by atoms with Crippen molar-refractivity contribution in [3.63, 3.8) is 0 Å². The molecule has 0 bridgehead atoms. The van der Waals surface area contributed by atoms with Crippen molar-refractivity contribution in [2.75, 3.05) is 49.9 Å². The van der Waals surface area contributed by atoms with Crippen LogP contribution >= 0.6 is 34.7 Å². The maximum atomic E-state index is 13.9. The fraction of sp³-hybridized carbons (Fsp3) is 0.364. The van der Waals surface area contributed by atoms with Crippen LogP contribution in [0, 0.1) is 5.82 Å². The molecule has 1 aliphatic rings. The van der Waals surface area contributed by atoms with E-state index in [2.05, 4.69) is 20.1 Å². The lowest BCUT2D eigenvalue weighted by molar-refractivity contribution is -0.120. The predicted octanol–water partition coefficient (Wildman–Crippen LogP) is 4.51. The van der Waals surface area contributed by atoms with Crippen molar-refractivity contribution in [3.8, 4) is 0 Å². The number of amides is 1. The van der Waals surface area contributed by atoms with E-state index in [-0.39, 0.29) is 11.7 Å². The molecular formula is C22H24ClFN4OS2. The van der Waals surface area contributed by atoms with Gasteiger partial charge in [-0.25, -0.2) is 9.37 Å². The average Bonchev–Trinajstić information content (AvgIpc) is 3.21. The number of thioether (sulfide) groups is 1. The molecule has 0 aliphatic carbocycles. The molecular weight excluding hydrogens is 455 g/mol. The van der Waals surface area contributed by atoms with Crippen LogP contribution in [0.4, 0.5) is 9.52 Å². The number of nitrogens with zero attached hydrogens (tertiary/aromatic N) is 3. The van der Waals surface area contributed by atoms with E-state index in [1.807, 2.05) is 30.3 Å². The van der Waals surface area contributed by atoms with Crippen LogP contribution in [-0.2, 0) is 4.79 Å². The van der Waals surface area contributed by atoms with Crippen LogP contribution in [0.2, 0.25) is 5.02 Å². The molecule has 31 heavy (non-hydrogen) atoms. The number of hydrogen-bond donors (Lipinski definition) is 1. The Balaban J connectivity index is 1.13. The first-order valence-electron chi connectivity index (χ1n) is 10.3. The van der Waals surface area contributed by atoms with Gasteiger partial charge in [0.05, 0.1) is 4.70 Å². The number of thiazole rings is 1. The lowest BCUT2D eigenvalue weighted by Crippen LogP contribution is -2.48. The van der Waals surface area contributed by atoms with Gasteiger partial charge in [0.2, 0.25) is 5.91 Å². The van der Waals surface area contributed by atoms with Gasteiger partial charge in [-0.2, -0.15) is 0 Å². The van der Waals surface area contributed by atoms with Gasteiger partial charge in [0, 0.05) is 61.4 Å². The summed E-state index contributed by atoms with van der Waals surface area (Å²) >= 11 is 9.08. The number of carbonyl (C=O) groups excluding carboxylic acids is 1. The lowest BCUT2D eigenvalue weighted by atomic mass is 10.3. The van der Waals surface area contributed by atoms with E-state index in [0.29, 0.717) is 18.5 Å². The van der Waals surface area contributed by atoms with Gasteiger partial charge in [-0.15, -0.1) is 11.8 Å². The highest BCUT2D eigenvalue weighted by molar-refractivity contribution is 7.99. The standard InChI is InChI=1S/C22H24ClFN4OS2/c23-16-4-6-17(7-5-16)30-15-8-20(29)25-9-10-27-11-13-28(14-12-27)22-26-21-18(24)2-1-3-19(21)31-22/h1-7H,8-15H2,(H,25,29). The largest absolute Gasteiger partial charge is 0.355 e. The second-order valence-electron chi connectivity index (χ2n) is 7.31. The maximum Gasteiger partial charge on any atom is 0.220 e. The van der Waals surface area contributed by atoms with Crippen molar-refractivity contribution in [2.24, 2.45) is 0 Å². The molecule has 1 N–H and O–H groups in total. The third kappa shape index (κ3) is 6.10. The molecule has 0 atom stereocenters. The van der Waals surface area contributed by atoms with Crippen molar-refractivity contribution in [1.82, 2.24) is 15.2 Å². The summed E-state index contributed by atoms with van der Waals surface area (Å²) in [6.07, 6.45) is 0.495. The first-order valence-corrected chi connectivity index (χ1v) is 12.4. The quantitative estimate of drug-likeness (QED) is 0.483. The normalized spacial score (nSPS) is 14.8. The topological polar surface area (TPSA) is 48.5 Å². The number of hydrogen-bond acceptors (Lipinski definition) is 6. The molecule has 2 heterocycles. The minimum Gasteiger partial charge on any atom is -0.355 e.